The van der Waals surface area contributed by atoms with Crippen LogP contribution in [0.25, 0.3) is 22.1 Å². The molecular weight excluding hydrogens is 456 g/mol. The molecule has 2 N–H and O–H groups in total. The van der Waals surface area contributed by atoms with Crippen LogP contribution in [0, 0.1) is 0 Å². The molecule has 6 heteroatoms. The summed E-state index contributed by atoms with van der Waals surface area (Å²) in [5.74, 6) is 0. The van der Waals surface area contributed by atoms with Crippen LogP contribution in [0.4, 0.5) is 0 Å². The fraction of sp³-hybridized carbons (Fsp3) is 0.200. The molecule has 0 atom stereocenters. The zero-order valence-corrected chi connectivity index (χ0v) is 17.1. The molecule has 5 rings (SSSR count). The Labute approximate surface area is 167 Å². The van der Waals surface area contributed by atoms with Crippen LogP contribution in [0.2, 0.25) is 0 Å². The molecule has 0 saturated heterocycles. The van der Waals surface area contributed by atoms with Crippen LogP contribution >= 0.6 is 31.9 Å². The average molecular weight is 472 g/mol. The van der Waals surface area contributed by atoms with Crippen LogP contribution in [0.5, 0.6) is 0 Å². The molecule has 0 aliphatic carbocycles. The maximum Gasteiger partial charge on any atom is 0.0625 e. The van der Waals surface area contributed by atoms with Crippen molar-refractivity contribution in [2.45, 2.75) is 25.7 Å². The molecule has 3 aromatic rings. The van der Waals surface area contributed by atoms with Crippen molar-refractivity contribution in [3.05, 3.63) is 68.1 Å². The van der Waals surface area contributed by atoms with E-state index in [-0.39, 0.29) is 0 Å². The van der Waals surface area contributed by atoms with Crippen LogP contribution in [-0.2, 0) is 25.7 Å². The summed E-state index contributed by atoms with van der Waals surface area (Å²) < 4.78 is 2.06. The van der Waals surface area contributed by atoms with Crippen LogP contribution < -0.4 is 0 Å². The highest BCUT2D eigenvalue weighted by atomic mass is 79.9. The molecule has 0 spiro atoms. The van der Waals surface area contributed by atoms with E-state index < -0.39 is 0 Å². The van der Waals surface area contributed by atoms with E-state index in [1.165, 1.54) is 0 Å². The van der Waals surface area contributed by atoms with Crippen molar-refractivity contribution in [1.29, 1.82) is 0 Å². The highest BCUT2D eigenvalue weighted by Gasteiger charge is 2.14. The first kappa shape index (κ1) is 16.3. The molecule has 0 aromatic carbocycles. The third-order valence-corrected chi connectivity index (χ3v) is 6.60. The van der Waals surface area contributed by atoms with Crippen molar-refractivity contribution in [3.8, 4) is 0 Å². The highest BCUT2D eigenvalue weighted by Crippen LogP contribution is 2.28. The van der Waals surface area contributed by atoms with E-state index in [1.807, 2.05) is 0 Å². The minimum Gasteiger partial charge on any atom is -0.354 e. The van der Waals surface area contributed by atoms with Crippen molar-refractivity contribution in [1.82, 2.24) is 19.9 Å². The van der Waals surface area contributed by atoms with Crippen molar-refractivity contribution < 1.29 is 0 Å². The molecule has 0 amide bonds. The Kier molecular flexibility index (Phi) is 3.98. The van der Waals surface area contributed by atoms with Gasteiger partial charge >= 0.3 is 0 Å². The number of aryl methyl sites for hydroxylation is 4. The number of aromatic amines is 2. The van der Waals surface area contributed by atoms with Gasteiger partial charge in [0.05, 0.1) is 31.4 Å². The lowest BCUT2D eigenvalue weighted by Crippen LogP contribution is -1.81. The van der Waals surface area contributed by atoms with Crippen LogP contribution in [0.15, 0.2) is 45.3 Å². The SMILES string of the molecule is Brc1c2nc(c(Br)c3ccc(cc4nc(cc5ccc1[nH]5)CC4)[nH]3)CC2. The van der Waals surface area contributed by atoms with Gasteiger partial charge in [-0.05, 0) is 93.9 Å². The van der Waals surface area contributed by atoms with E-state index in [0.29, 0.717) is 0 Å². The predicted octanol–water partition coefficient (Wildman–Crippen LogP) is 5.41. The fourth-order valence-corrected chi connectivity index (χ4v) is 4.55. The Hall–Kier alpha value is -1.92. The molecule has 3 aromatic heterocycles. The van der Waals surface area contributed by atoms with Gasteiger partial charge in [-0.2, -0.15) is 0 Å². The van der Waals surface area contributed by atoms with Gasteiger partial charge in [0.1, 0.15) is 0 Å². The summed E-state index contributed by atoms with van der Waals surface area (Å²) in [7, 11) is 0. The first-order valence-corrected chi connectivity index (χ1v) is 10.2. The summed E-state index contributed by atoms with van der Waals surface area (Å²) in [4.78, 5) is 16.6. The minimum atomic E-state index is 0.924. The van der Waals surface area contributed by atoms with Gasteiger partial charge in [0.2, 0.25) is 0 Å². The second-order valence-corrected chi connectivity index (χ2v) is 8.26. The number of rotatable bonds is 0. The lowest BCUT2D eigenvalue weighted by molar-refractivity contribution is 1.02. The van der Waals surface area contributed by atoms with Gasteiger partial charge in [0.15, 0.2) is 0 Å². The second-order valence-electron chi connectivity index (χ2n) is 6.67. The van der Waals surface area contributed by atoms with Crippen LogP contribution in [-0.4, -0.2) is 19.9 Å². The third kappa shape index (κ3) is 2.91. The van der Waals surface area contributed by atoms with Gasteiger partial charge in [-0.25, -0.2) is 0 Å². The van der Waals surface area contributed by atoms with Crippen LogP contribution in [0.1, 0.15) is 22.8 Å². The normalized spacial score (nSPS) is 13.9. The number of nitrogens with zero attached hydrogens (tertiary/aromatic N) is 2. The predicted molar refractivity (Wildman–Crippen MR) is 111 cm³/mol. The van der Waals surface area contributed by atoms with E-state index in [0.717, 1.165) is 79.5 Å². The summed E-state index contributed by atoms with van der Waals surface area (Å²) in [6.45, 7) is 0. The van der Waals surface area contributed by atoms with E-state index in [9.17, 15) is 0 Å². The smallest absolute Gasteiger partial charge is 0.0625 e. The molecule has 2 aliphatic rings. The van der Waals surface area contributed by atoms with Crippen molar-refractivity contribution in [3.63, 3.8) is 0 Å². The maximum atomic E-state index is 4.86. The summed E-state index contributed by atoms with van der Waals surface area (Å²) in [5.41, 5.74) is 8.62. The molecule has 0 radical (unpaired) electrons. The molecule has 8 bridgehead atoms. The zero-order chi connectivity index (χ0) is 17.7. The van der Waals surface area contributed by atoms with E-state index in [1.54, 1.807) is 0 Å². The summed E-state index contributed by atoms with van der Waals surface area (Å²) in [5, 5.41) is 0. The maximum absolute atomic E-state index is 4.86. The highest BCUT2D eigenvalue weighted by molar-refractivity contribution is 9.11. The van der Waals surface area contributed by atoms with Gasteiger partial charge in [0.25, 0.3) is 0 Å². The Balaban J connectivity index is 1.88. The fourth-order valence-electron chi connectivity index (χ4n) is 3.51. The number of H-pyrrole nitrogens is 2. The average Bonchev–Trinajstić information content (AvgIpc) is 3.41. The van der Waals surface area contributed by atoms with Crippen LogP contribution in [0.3, 0.4) is 0 Å². The largest absolute Gasteiger partial charge is 0.354 e. The molecule has 2 aliphatic heterocycles. The molecule has 26 heavy (non-hydrogen) atoms. The van der Waals surface area contributed by atoms with Crippen molar-refractivity contribution >= 4 is 53.9 Å². The Morgan fingerprint density at radius 2 is 1.15 bits per heavy atom. The van der Waals surface area contributed by atoms with Gasteiger partial charge in [0, 0.05) is 22.4 Å². The molecule has 5 heterocycles. The summed E-state index contributed by atoms with van der Waals surface area (Å²) in [6.07, 6.45) is 3.79. The van der Waals surface area contributed by atoms with E-state index >= 15 is 0 Å². The quantitative estimate of drug-likeness (QED) is 0.460. The van der Waals surface area contributed by atoms with E-state index in [4.69, 9.17) is 9.97 Å². The first-order valence-electron chi connectivity index (χ1n) is 8.66. The van der Waals surface area contributed by atoms with Gasteiger partial charge in [-0.15, -0.1) is 0 Å². The topological polar surface area (TPSA) is 57.4 Å². The summed E-state index contributed by atoms with van der Waals surface area (Å²) >= 11 is 7.48. The summed E-state index contributed by atoms with van der Waals surface area (Å²) in [6, 6.07) is 12.6. The molecule has 0 fully saturated rings. The molecule has 130 valence electrons. The Morgan fingerprint density at radius 1 is 0.654 bits per heavy atom. The van der Waals surface area contributed by atoms with Gasteiger partial charge < -0.3 is 9.97 Å². The van der Waals surface area contributed by atoms with Gasteiger partial charge in [-0.1, -0.05) is 0 Å². The number of hydrogen-bond acceptors (Lipinski definition) is 2. The minimum absolute atomic E-state index is 0.924. The molecule has 0 unspecified atom stereocenters. The standard InChI is InChI=1S/C20H16Br2N4/c21-19-15-5-3-13(24-15)9-11-1-2-12(23-11)10-14-4-6-16(25-14)20(22)18-8-7-17(19)26-18/h3-6,9-10,24-25H,1-2,7-8H2. The zero-order valence-electron chi connectivity index (χ0n) is 13.9. The number of aromatic nitrogens is 4. The second kappa shape index (κ2) is 6.35. The Bertz CT molecular complexity index is 1080. The van der Waals surface area contributed by atoms with Gasteiger partial charge in [-0.3, -0.25) is 9.97 Å². The van der Waals surface area contributed by atoms with Crippen molar-refractivity contribution in [2.75, 3.05) is 0 Å². The van der Waals surface area contributed by atoms with E-state index in [2.05, 4.69) is 78.2 Å². The lowest BCUT2D eigenvalue weighted by Gasteiger charge is -1.92. The Morgan fingerprint density at radius 3 is 1.65 bits per heavy atom. The number of fused-ring (bicyclic) bond motifs is 8. The number of hydrogen-bond donors (Lipinski definition) is 2. The first-order chi connectivity index (χ1) is 12.7. The van der Waals surface area contributed by atoms with Crippen molar-refractivity contribution in [2.24, 2.45) is 0 Å². The third-order valence-electron chi connectivity index (χ3n) is 4.83. The number of nitrogens with one attached hydrogen (secondary N) is 2. The molecule has 0 saturated carbocycles. The molecule has 4 nitrogen and oxygen atoms in total. The lowest BCUT2D eigenvalue weighted by atomic mass is 10.2. The molecular formula is C20H16Br2N4. The number of halogens is 2. The monoisotopic (exact) mass is 470 g/mol.